The van der Waals surface area contributed by atoms with E-state index in [0.717, 1.165) is 12.8 Å². The van der Waals surface area contributed by atoms with Gasteiger partial charge in [0.05, 0.1) is 34.0 Å². The van der Waals surface area contributed by atoms with Gasteiger partial charge in [-0.15, -0.1) is 0 Å². The van der Waals surface area contributed by atoms with Gasteiger partial charge < -0.3 is 15.4 Å². The summed E-state index contributed by atoms with van der Waals surface area (Å²) in [5.74, 6) is 0. The molecule has 1 fully saturated rings. The van der Waals surface area contributed by atoms with E-state index in [1.807, 2.05) is 20.8 Å². The van der Waals surface area contributed by atoms with Crippen molar-refractivity contribution >= 4 is 53.0 Å². The Balaban J connectivity index is 1.80. The maximum absolute atomic E-state index is 12.9. The van der Waals surface area contributed by atoms with Crippen molar-refractivity contribution in [2.24, 2.45) is 5.73 Å². The highest BCUT2D eigenvalue weighted by atomic mass is 79.9. The third-order valence-electron chi connectivity index (χ3n) is 5.35. The summed E-state index contributed by atoms with van der Waals surface area (Å²) in [5.41, 5.74) is 5.83. The molecule has 2 aromatic rings. The second-order valence-electron chi connectivity index (χ2n) is 9.04. The van der Waals surface area contributed by atoms with E-state index in [0.29, 0.717) is 33.4 Å². The van der Waals surface area contributed by atoms with Crippen LogP contribution in [-0.2, 0) is 15.8 Å². The van der Waals surface area contributed by atoms with Crippen molar-refractivity contribution in [1.82, 2.24) is 14.5 Å². The lowest BCUT2D eigenvalue weighted by molar-refractivity contribution is 0.00873. The van der Waals surface area contributed by atoms with Gasteiger partial charge in [0.2, 0.25) is 0 Å². The summed E-state index contributed by atoms with van der Waals surface area (Å²) >= 11 is 9.48. The van der Waals surface area contributed by atoms with Gasteiger partial charge in [0.15, 0.2) is 8.46 Å². The van der Waals surface area contributed by atoms with Crippen LogP contribution in [0.4, 0.5) is 4.79 Å². The molecule has 8 nitrogen and oxygen atoms in total. The normalized spacial score (nSPS) is 20.5. The van der Waals surface area contributed by atoms with Gasteiger partial charge in [-0.2, -0.15) is 0 Å². The molecular formula is C21H27BrClN4O4P. The number of carbonyl (C=O) groups excluding carboxylic acids is 1. The zero-order chi connectivity index (χ0) is 23.6. The van der Waals surface area contributed by atoms with Gasteiger partial charge in [-0.3, -0.25) is 13.9 Å². The molecule has 1 saturated heterocycles. The number of benzene rings is 1. The zero-order valence-corrected chi connectivity index (χ0v) is 21.5. The van der Waals surface area contributed by atoms with E-state index in [-0.39, 0.29) is 32.3 Å². The number of halogens is 2. The fourth-order valence-corrected chi connectivity index (χ4v) is 5.12. The van der Waals surface area contributed by atoms with Crippen molar-refractivity contribution in [1.29, 1.82) is 0 Å². The highest BCUT2D eigenvalue weighted by molar-refractivity contribution is 9.10. The molecular weight excluding hydrogens is 519 g/mol. The maximum atomic E-state index is 12.9. The standard InChI is InChI=1S/C21H27BrClN4O4P/c1-21(2,3)31-20(29)27-6-4-5-18(32-30)17(27)7-12(24)10-26-11-25-16-9-14(22)15(23)8-13(16)19(26)28/h8-9,11-12,17-18H,4-7,10,24H2,1-3H3/t12-,17+,18-/m0/s1. The number of fused-ring (bicyclic) bond motifs is 1. The molecule has 2 heterocycles. The van der Waals surface area contributed by atoms with Gasteiger partial charge in [0.1, 0.15) is 5.60 Å². The summed E-state index contributed by atoms with van der Waals surface area (Å²) in [4.78, 5) is 31.7. The molecule has 0 unspecified atom stereocenters. The average molecular weight is 546 g/mol. The molecule has 0 saturated carbocycles. The Morgan fingerprint density at radius 3 is 2.81 bits per heavy atom. The van der Waals surface area contributed by atoms with Crippen molar-refractivity contribution in [3.05, 3.63) is 38.3 Å². The maximum Gasteiger partial charge on any atom is 0.410 e. The second-order valence-corrected chi connectivity index (χ2v) is 11.2. The first-order chi connectivity index (χ1) is 15.0. The predicted molar refractivity (Wildman–Crippen MR) is 129 cm³/mol. The van der Waals surface area contributed by atoms with Crippen molar-refractivity contribution in [2.75, 3.05) is 6.54 Å². The van der Waals surface area contributed by atoms with Crippen LogP contribution < -0.4 is 11.3 Å². The van der Waals surface area contributed by atoms with Gasteiger partial charge in [-0.05, 0) is 68.1 Å². The number of rotatable bonds is 5. The van der Waals surface area contributed by atoms with Crippen LogP contribution in [0.5, 0.6) is 0 Å². The zero-order valence-electron chi connectivity index (χ0n) is 18.3. The van der Waals surface area contributed by atoms with E-state index in [2.05, 4.69) is 20.9 Å². The Hall–Kier alpha value is -1.54. The fourth-order valence-electron chi connectivity index (χ4n) is 3.91. The van der Waals surface area contributed by atoms with E-state index in [1.54, 1.807) is 17.0 Å². The number of carbonyl (C=O) groups is 1. The summed E-state index contributed by atoms with van der Waals surface area (Å²) in [6.07, 6.45) is 2.88. The molecule has 1 amide bonds. The van der Waals surface area contributed by atoms with E-state index in [9.17, 15) is 14.2 Å². The molecule has 0 aliphatic carbocycles. The minimum absolute atomic E-state index is 0.0287. The van der Waals surface area contributed by atoms with Gasteiger partial charge in [-0.1, -0.05) is 11.6 Å². The minimum atomic E-state index is -0.633. The fraction of sp³-hybridized carbons (Fsp3) is 0.571. The Labute approximate surface area is 201 Å². The number of aromatic nitrogens is 2. The van der Waals surface area contributed by atoms with E-state index in [1.165, 1.54) is 10.9 Å². The van der Waals surface area contributed by atoms with Crippen molar-refractivity contribution in [2.45, 2.75) is 69.9 Å². The van der Waals surface area contributed by atoms with E-state index >= 15 is 0 Å². The number of nitrogens with zero attached hydrogens (tertiary/aromatic N) is 3. The highest BCUT2D eigenvalue weighted by Crippen LogP contribution is 2.31. The number of piperidine rings is 1. The summed E-state index contributed by atoms with van der Waals surface area (Å²) in [6, 6.07) is 2.47. The van der Waals surface area contributed by atoms with Crippen molar-refractivity contribution in [3.63, 3.8) is 0 Å². The van der Waals surface area contributed by atoms with Crippen LogP contribution in [0.15, 0.2) is 27.7 Å². The molecule has 1 aliphatic rings. The van der Waals surface area contributed by atoms with Crippen LogP contribution in [0.3, 0.4) is 0 Å². The largest absolute Gasteiger partial charge is 0.444 e. The number of likely N-dealkylation sites (tertiary alicyclic amines) is 1. The van der Waals surface area contributed by atoms with Crippen molar-refractivity contribution < 1.29 is 14.1 Å². The van der Waals surface area contributed by atoms with Crippen LogP contribution >= 0.6 is 36.0 Å². The third-order valence-corrected chi connectivity index (χ3v) is 7.42. The summed E-state index contributed by atoms with van der Waals surface area (Å²) in [6.45, 7) is 6.15. The summed E-state index contributed by atoms with van der Waals surface area (Å²) < 4.78 is 19.5. The highest BCUT2D eigenvalue weighted by Gasteiger charge is 2.38. The van der Waals surface area contributed by atoms with Crippen molar-refractivity contribution in [3.8, 4) is 0 Å². The molecule has 174 valence electrons. The van der Waals surface area contributed by atoms with Crippen LogP contribution in [0, 0.1) is 0 Å². The smallest absolute Gasteiger partial charge is 0.410 e. The van der Waals surface area contributed by atoms with Gasteiger partial charge in [0, 0.05) is 23.6 Å². The van der Waals surface area contributed by atoms with Crippen LogP contribution in [0.2, 0.25) is 5.02 Å². The predicted octanol–water partition coefficient (Wildman–Crippen LogP) is 4.59. The lowest BCUT2D eigenvalue weighted by atomic mass is 9.95. The van der Waals surface area contributed by atoms with Gasteiger partial charge in [0.25, 0.3) is 5.56 Å². The summed E-state index contributed by atoms with van der Waals surface area (Å²) in [5, 5.41) is 0.822. The molecule has 11 heteroatoms. The molecule has 3 atom stereocenters. The monoisotopic (exact) mass is 544 g/mol. The molecule has 0 radical (unpaired) electrons. The molecule has 3 rings (SSSR count). The first-order valence-corrected chi connectivity index (χ1v) is 12.5. The second kappa shape index (κ2) is 10.2. The Kier molecular flexibility index (Phi) is 7.97. The Morgan fingerprint density at radius 2 is 2.16 bits per heavy atom. The van der Waals surface area contributed by atoms with Gasteiger partial charge >= 0.3 is 6.09 Å². The first-order valence-electron chi connectivity index (χ1n) is 10.4. The van der Waals surface area contributed by atoms with Crippen LogP contribution in [0.1, 0.15) is 40.0 Å². The lowest BCUT2D eigenvalue weighted by Gasteiger charge is -2.40. The van der Waals surface area contributed by atoms with Crippen LogP contribution in [0.25, 0.3) is 10.9 Å². The van der Waals surface area contributed by atoms with Crippen LogP contribution in [-0.4, -0.2) is 50.4 Å². The van der Waals surface area contributed by atoms with Gasteiger partial charge in [-0.25, -0.2) is 9.78 Å². The molecule has 0 spiro atoms. The number of amides is 1. The van der Waals surface area contributed by atoms with E-state index < -0.39 is 17.7 Å². The number of nitrogens with two attached hydrogens (primary N) is 1. The van der Waals surface area contributed by atoms with E-state index in [4.69, 9.17) is 22.1 Å². The molecule has 32 heavy (non-hydrogen) atoms. The molecule has 1 aromatic carbocycles. The molecule has 2 N–H and O–H groups in total. The lowest BCUT2D eigenvalue weighted by Crippen LogP contribution is -2.53. The summed E-state index contributed by atoms with van der Waals surface area (Å²) in [7, 11) is -0.0287. The SMILES string of the molecule is CC(C)(C)OC(=O)N1CCC[C@H](P=O)[C@H]1C[C@H](N)Cn1cnc2cc(Br)c(Cl)cc2c1=O. The first kappa shape index (κ1) is 25.1. The number of ether oxygens (including phenoxy) is 1. The Bertz CT molecular complexity index is 1070. The number of hydrogen-bond acceptors (Lipinski definition) is 6. The average Bonchev–Trinajstić information content (AvgIpc) is 2.70. The molecule has 1 aliphatic heterocycles. The number of hydrogen-bond donors (Lipinski definition) is 1. The third kappa shape index (κ3) is 5.87. The quantitative estimate of drug-likeness (QED) is 0.551. The molecule has 1 aromatic heterocycles. The minimum Gasteiger partial charge on any atom is -0.444 e. The Morgan fingerprint density at radius 1 is 1.44 bits per heavy atom. The topological polar surface area (TPSA) is 108 Å². The molecule has 0 bridgehead atoms.